The fourth-order valence-electron chi connectivity index (χ4n) is 1.63. The van der Waals surface area contributed by atoms with Crippen molar-refractivity contribution < 1.29 is 17.6 Å². The average molecular weight is 269 g/mol. The molecular formula is C11H11NO5S. The van der Waals surface area contributed by atoms with Gasteiger partial charge in [0.15, 0.2) is 21.2 Å². The molecule has 7 heteroatoms. The van der Waals surface area contributed by atoms with Gasteiger partial charge in [-0.05, 0) is 18.2 Å². The third-order valence-electron chi connectivity index (χ3n) is 2.51. The van der Waals surface area contributed by atoms with Crippen molar-refractivity contribution in [1.82, 2.24) is 4.57 Å². The van der Waals surface area contributed by atoms with Gasteiger partial charge in [0, 0.05) is 18.9 Å². The van der Waals surface area contributed by atoms with Gasteiger partial charge in [-0.3, -0.25) is 9.36 Å². The van der Waals surface area contributed by atoms with E-state index in [4.69, 9.17) is 4.42 Å². The van der Waals surface area contributed by atoms with Crippen LogP contribution in [0, 0.1) is 0 Å². The van der Waals surface area contributed by atoms with E-state index in [1.807, 2.05) is 0 Å². The zero-order valence-electron chi connectivity index (χ0n) is 9.84. The molecule has 1 aromatic carbocycles. The van der Waals surface area contributed by atoms with Crippen molar-refractivity contribution in [2.75, 3.05) is 12.0 Å². The Balaban J connectivity index is 2.48. The number of aryl methyl sites for hydroxylation is 1. The highest BCUT2D eigenvalue weighted by atomic mass is 32.2. The van der Waals surface area contributed by atoms with Gasteiger partial charge in [0.1, 0.15) is 5.75 Å². The van der Waals surface area contributed by atoms with E-state index in [1.54, 1.807) is 13.1 Å². The molecule has 0 fully saturated rings. The van der Waals surface area contributed by atoms with E-state index in [2.05, 4.69) is 0 Å². The molecule has 0 bridgehead atoms. The quantitative estimate of drug-likeness (QED) is 0.751. The summed E-state index contributed by atoms with van der Waals surface area (Å²) in [6.07, 6.45) is 0.992. The van der Waals surface area contributed by atoms with Gasteiger partial charge in [-0.2, -0.15) is 0 Å². The number of Topliss-reactive ketones (excluding diaryl/α,β-unsaturated/α-hetero) is 1. The Kier molecular flexibility index (Phi) is 2.86. The van der Waals surface area contributed by atoms with Crippen LogP contribution in [0.2, 0.25) is 0 Å². The number of aromatic nitrogens is 1. The summed E-state index contributed by atoms with van der Waals surface area (Å²) in [6.45, 7) is 0. The van der Waals surface area contributed by atoms with Crippen LogP contribution in [0.15, 0.2) is 27.4 Å². The summed E-state index contributed by atoms with van der Waals surface area (Å²) in [5, 5.41) is 0. The standard InChI is InChI=1S/C11H11NO5S/c1-12-8-4-3-7(5-10(8)17-11(12)14)9(13)6-18(2,15)16/h3-5H,6H2,1-2H3. The Labute approximate surface area is 103 Å². The van der Waals surface area contributed by atoms with Crippen molar-refractivity contribution in [2.45, 2.75) is 0 Å². The molecule has 2 aromatic rings. The van der Waals surface area contributed by atoms with Crippen LogP contribution < -0.4 is 5.76 Å². The molecule has 0 N–H and O–H groups in total. The van der Waals surface area contributed by atoms with Crippen molar-refractivity contribution in [3.8, 4) is 0 Å². The van der Waals surface area contributed by atoms with Gasteiger partial charge in [-0.1, -0.05) is 0 Å². The molecule has 0 atom stereocenters. The van der Waals surface area contributed by atoms with Gasteiger partial charge in [-0.15, -0.1) is 0 Å². The number of carbonyl (C=O) groups is 1. The lowest BCUT2D eigenvalue weighted by Crippen LogP contribution is -2.14. The minimum absolute atomic E-state index is 0.210. The fraction of sp³-hybridized carbons (Fsp3) is 0.273. The molecule has 0 spiro atoms. The largest absolute Gasteiger partial charge is 0.419 e. The summed E-state index contributed by atoms with van der Waals surface area (Å²) in [5.74, 6) is -1.61. The highest BCUT2D eigenvalue weighted by molar-refractivity contribution is 7.91. The molecule has 1 aromatic heterocycles. The first-order valence-corrected chi connectivity index (χ1v) is 7.14. The minimum Gasteiger partial charge on any atom is -0.408 e. The molecule has 0 aliphatic heterocycles. The Morgan fingerprint density at radius 3 is 2.67 bits per heavy atom. The van der Waals surface area contributed by atoms with Crippen LogP contribution in [0.5, 0.6) is 0 Å². The number of nitrogens with zero attached hydrogens (tertiary/aromatic N) is 1. The van der Waals surface area contributed by atoms with Crippen molar-refractivity contribution in [1.29, 1.82) is 0 Å². The van der Waals surface area contributed by atoms with E-state index < -0.39 is 27.1 Å². The van der Waals surface area contributed by atoms with Crippen molar-refractivity contribution >= 4 is 26.7 Å². The predicted molar refractivity (Wildman–Crippen MR) is 65.5 cm³/mol. The Hall–Kier alpha value is -1.89. The Bertz CT molecular complexity index is 781. The van der Waals surface area contributed by atoms with E-state index in [1.165, 1.54) is 16.7 Å². The number of hydrogen-bond donors (Lipinski definition) is 0. The molecule has 0 saturated heterocycles. The van der Waals surface area contributed by atoms with Crippen LogP contribution in [-0.4, -0.2) is 30.8 Å². The SMILES string of the molecule is Cn1c(=O)oc2cc(C(=O)CS(C)(=O)=O)ccc21. The van der Waals surface area contributed by atoms with E-state index in [0.29, 0.717) is 5.52 Å². The summed E-state index contributed by atoms with van der Waals surface area (Å²) >= 11 is 0. The zero-order valence-corrected chi connectivity index (χ0v) is 10.7. The molecule has 2 rings (SSSR count). The number of carbonyl (C=O) groups excluding carboxylic acids is 1. The molecule has 18 heavy (non-hydrogen) atoms. The highest BCUT2D eigenvalue weighted by Gasteiger charge is 2.15. The number of benzene rings is 1. The Morgan fingerprint density at radius 1 is 1.39 bits per heavy atom. The smallest absolute Gasteiger partial charge is 0.408 e. The number of rotatable bonds is 3. The van der Waals surface area contributed by atoms with Crippen LogP contribution in [0.3, 0.4) is 0 Å². The normalized spacial score (nSPS) is 11.9. The second-order valence-corrected chi connectivity index (χ2v) is 6.24. The van der Waals surface area contributed by atoms with Gasteiger partial charge < -0.3 is 4.42 Å². The molecule has 0 aliphatic rings. The molecule has 0 amide bonds. The molecule has 0 saturated carbocycles. The molecule has 96 valence electrons. The number of sulfone groups is 1. The van der Waals surface area contributed by atoms with Crippen molar-refractivity contribution in [3.63, 3.8) is 0 Å². The van der Waals surface area contributed by atoms with Crippen LogP contribution in [0.4, 0.5) is 0 Å². The first-order chi connectivity index (χ1) is 8.28. The van der Waals surface area contributed by atoms with Crippen molar-refractivity contribution in [3.05, 3.63) is 34.3 Å². The third kappa shape index (κ3) is 2.35. The summed E-state index contributed by atoms with van der Waals surface area (Å²) in [6, 6.07) is 4.41. The maximum Gasteiger partial charge on any atom is 0.419 e. The fourth-order valence-corrected chi connectivity index (χ4v) is 2.27. The average Bonchev–Trinajstić information content (AvgIpc) is 2.52. The summed E-state index contributed by atoms with van der Waals surface area (Å²) in [7, 11) is -1.83. The number of fused-ring (bicyclic) bond motifs is 1. The Morgan fingerprint density at radius 2 is 2.06 bits per heavy atom. The van der Waals surface area contributed by atoms with Gasteiger partial charge in [-0.25, -0.2) is 13.2 Å². The van der Waals surface area contributed by atoms with Crippen LogP contribution in [0.1, 0.15) is 10.4 Å². The molecule has 0 radical (unpaired) electrons. The second-order valence-electron chi connectivity index (χ2n) is 4.10. The topological polar surface area (TPSA) is 86.3 Å². The summed E-state index contributed by atoms with van der Waals surface area (Å²) in [5.41, 5.74) is 1.03. The van der Waals surface area contributed by atoms with Gasteiger partial charge in [0.05, 0.1) is 5.52 Å². The van der Waals surface area contributed by atoms with E-state index in [-0.39, 0.29) is 11.1 Å². The summed E-state index contributed by atoms with van der Waals surface area (Å²) < 4.78 is 28.3. The number of hydrogen-bond acceptors (Lipinski definition) is 5. The van der Waals surface area contributed by atoms with Crippen LogP contribution in [-0.2, 0) is 16.9 Å². The van der Waals surface area contributed by atoms with Crippen LogP contribution in [0.25, 0.3) is 11.1 Å². The van der Waals surface area contributed by atoms with Crippen LogP contribution >= 0.6 is 0 Å². The predicted octanol–water partition coefficient (Wildman–Crippen LogP) is 0.359. The van der Waals surface area contributed by atoms with Gasteiger partial charge >= 0.3 is 5.76 Å². The molecular weight excluding hydrogens is 258 g/mol. The highest BCUT2D eigenvalue weighted by Crippen LogP contribution is 2.15. The van der Waals surface area contributed by atoms with Gasteiger partial charge in [0.2, 0.25) is 0 Å². The number of oxazole rings is 1. The third-order valence-corrected chi connectivity index (χ3v) is 3.29. The molecule has 6 nitrogen and oxygen atoms in total. The lowest BCUT2D eigenvalue weighted by Gasteiger charge is -1.99. The lowest BCUT2D eigenvalue weighted by molar-refractivity contribution is 0.102. The maximum atomic E-state index is 11.7. The zero-order chi connectivity index (χ0) is 13.5. The first-order valence-electron chi connectivity index (χ1n) is 5.08. The second kappa shape index (κ2) is 4.09. The van der Waals surface area contributed by atoms with E-state index in [9.17, 15) is 18.0 Å². The summed E-state index contributed by atoms with van der Waals surface area (Å²) in [4.78, 5) is 23.0. The molecule has 1 heterocycles. The minimum atomic E-state index is -3.37. The van der Waals surface area contributed by atoms with Crippen molar-refractivity contribution in [2.24, 2.45) is 7.05 Å². The lowest BCUT2D eigenvalue weighted by atomic mass is 10.1. The van der Waals surface area contributed by atoms with E-state index in [0.717, 1.165) is 6.26 Å². The first kappa shape index (κ1) is 12.6. The molecule has 0 aliphatic carbocycles. The molecule has 0 unspecified atom stereocenters. The number of ketones is 1. The monoisotopic (exact) mass is 269 g/mol. The maximum absolute atomic E-state index is 11.7. The van der Waals surface area contributed by atoms with Gasteiger partial charge in [0.25, 0.3) is 0 Å². The van der Waals surface area contributed by atoms with E-state index >= 15 is 0 Å².